The molecule has 5 heteroatoms. The van der Waals surface area contributed by atoms with E-state index in [1.165, 1.54) is 5.56 Å². The first-order valence-electron chi connectivity index (χ1n) is 7.14. The zero-order valence-electron chi connectivity index (χ0n) is 11.6. The van der Waals surface area contributed by atoms with Crippen molar-refractivity contribution in [1.82, 2.24) is 15.5 Å². The lowest BCUT2D eigenvalue weighted by molar-refractivity contribution is 0.187. The summed E-state index contributed by atoms with van der Waals surface area (Å²) in [7, 11) is 0. The number of urea groups is 1. The van der Waals surface area contributed by atoms with E-state index in [1.54, 1.807) is 0 Å². The van der Waals surface area contributed by atoms with E-state index in [4.69, 9.17) is 11.6 Å². The van der Waals surface area contributed by atoms with Crippen LogP contribution in [-0.4, -0.2) is 42.5 Å². The average Bonchev–Trinajstić information content (AvgIpc) is 2.48. The lowest BCUT2D eigenvalue weighted by Gasteiger charge is -2.32. The predicted octanol–water partition coefficient (Wildman–Crippen LogP) is 2.19. The number of hydrogen-bond donors (Lipinski definition) is 2. The number of likely N-dealkylation sites (tertiary alicyclic amines) is 1. The molecule has 1 fully saturated rings. The number of rotatable bonds is 5. The molecule has 0 radical (unpaired) electrons. The van der Waals surface area contributed by atoms with Gasteiger partial charge in [-0.25, -0.2) is 4.79 Å². The van der Waals surface area contributed by atoms with Crippen molar-refractivity contribution in [2.45, 2.75) is 25.4 Å². The number of carbonyl (C=O) groups is 1. The molecule has 1 aliphatic heterocycles. The lowest BCUT2D eigenvalue weighted by atomic mass is 10.0. The Labute approximate surface area is 125 Å². The Morgan fingerprint density at radius 2 is 1.95 bits per heavy atom. The maximum Gasteiger partial charge on any atom is 0.315 e. The van der Waals surface area contributed by atoms with E-state index in [0.717, 1.165) is 32.5 Å². The van der Waals surface area contributed by atoms with Gasteiger partial charge in [-0.2, -0.15) is 0 Å². The third kappa shape index (κ3) is 5.02. The smallest absolute Gasteiger partial charge is 0.315 e. The topological polar surface area (TPSA) is 44.4 Å². The minimum absolute atomic E-state index is 0.104. The van der Waals surface area contributed by atoms with Crippen molar-refractivity contribution in [3.63, 3.8) is 0 Å². The van der Waals surface area contributed by atoms with Gasteiger partial charge >= 0.3 is 6.03 Å². The summed E-state index contributed by atoms with van der Waals surface area (Å²) in [6.07, 6.45) is 2.00. The van der Waals surface area contributed by atoms with Crippen LogP contribution in [0.3, 0.4) is 0 Å². The number of carbonyl (C=O) groups excluding carboxylic acids is 1. The molecule has 2 rings (SSSR count). The third-order valence-corrected chi connectivity index (χ3v) is 3.74. The second kappa shape index (κ2) is 8.12. The van der Waals surface area contributed by atoms with Crippen molar-refractivity contribution in [2.24, 2.45) is 0 Å². The summed E-state index contributed by atoms with van der Waals surface area (Å²) >= 11 is 5.54. The average molecular weight is 296 g/mol. The van der Waals surface area contributed by atoms with Crippen LogP contribution in [-0.2, 0) is 6.54 Å². The van der Waals surface area contributed by atoms with Gasteiger partial charge in [-0.3, -0.25) is 4.90 Å². The molecule has 0 aromatic heterocycles. The molecule has 1 heterocycles. The van der Waals surface area contributed by atoms with Gasteiger partial charge in [0.25, 0.3) is 0 Å². The molecule has 1 saturated heterocycles. The normalized spacial score (nSPS) is 16.9. The summed E-state index contributed by atoms with van der Waals surface area (Å²) in [6.45, 7) is 3.55. The van der Waals surface area contributed by atoms with Crippen molar-refractivity contribution >= 4 is 17.6 Å². The number of piperidine rings is 1. The van der Waals surface area contributed by atoms with Gasteiger partial charge in [0.15, 0.2) is 0 Å². The Balaban J connectivity index is 1.68. The number of benzene rings is 1. The van der Waals surface area contributed by atoms with Gasteiger partial charge in [0.2, 0.25) is 0 Å². The van der Waals surface area contributed by atoms with Gasteiger partial charge in [-0.05, 0) is 18.4 Å². The minimum atomic E-state index is -0.104. The highest BCUT2D eigenvalue weighted by Gasteiger charge is 2.20. The van der Waals surface area contributed by atoms with Crippen molar-refractivity contribution in [3.05, 3.63) is 35.9 Å². The van der Waals surface area contributed by atoms with E-state index in [1.807, 2.05) is 6.07 Å². The summed E-state index contributed by atoms with van der Waals surface area (Å²) in [5, 5.41) is 5.74. The Hall–Kier alpha value is -1.26. The quantitative estimate of drug-likeness (QED) is 0.818. The SMILES string of the molecule is O=C(NCCCl)NC1CCN(Cc2ccccc2)CC1. The second-order valence-electron chi connectivity index (χ2n) is 5.13. The van der Waals surface area contributed by atoms with E-state index >= 15 is 0 Å². The maximum absolute atomic E-state index is 11.5. The van der Waals surface area contributed by atoms with E-state index in [0.29, 0.717) is 12.4 Å². The highest BCUT2D eigenvalue weighted by molar-refractivity contribution is 6.18. The minimum Gasteiger partial charge on any atom is -0.337 e. The van der Waals surface area contributed by atoms with Gasteiger partial charge in [-0.1, -0.05) is 30.3 Å². The van der Waals surface area contributed by atoms with Crippen LogP contribution in [0.2, 0.25) is 0 Å². The molecule has 2 amide bonds. The van der Waals surface area contributed by atoms with Crippen LogP contribution in [0.5, 0.6) is 0 Å². The number of halogens is 1. The molecule has 1 aromatic rings. The van der Waals surface area contributed by atoms with Crippen molar-refractivity contribution in [3.8, 4) is 0 Å². The van der Waals surface area contributed by atoms with E-state index in [2.05, 4.69) is 39.8 Å². The van der Waals surface area contributed by atoms with Crippen molar-refractivity contribution < 1.29 is 4.79 Å². The summed E-state index contributed by atoms with van der Waals surface area (Å²) in [5.74, 6) is 0.447. The first-order valence-corrected chi connectivity index (χ1v) is 7.68. The van der Waals surface area contributed by atoms with Crippen LogP contribution in [0, 0.1) is 0 Å². The van der Waals surface area contributed by atoms with Gasteiger partial charge in [0.1, 0.15) is 0 Å². The molecule has 20 heavy (non-hydrogen) atoms. The number of nitrogens with zero attached hydrogens (tertiary/aromatic N) is 1. The second-order valence-corrected chi connectivity index (χ2v) is 5.50. The Morgan fingerprint density at radius 1 is 1.25 bits per heavy atom. The molecular weight excluding hydrogens is 274 g/mol. The number of nitrogens with one attached hydrogen (secondary N) is 2. The molecule has 2 N–H and O–H groups in total. The molecular formula is C15H22ClN3O. The molecule has 0 aliphatic carbocycles. The first kappa shape index (κ1) is 15.1. The summed E-state index contributed by atoms with van der Waals surface area (Å²) in [6, 6.07) is 10.7. The number of alkyl halides is 1. The van der Waals surface area contributed by atoms with Crippen LogP contribution in [0.25, 0.3) is 0 Å². The Bertz CT molecular complexity index is 405. The standard InChI is InChI=1S/C15H22ClN3O/c16-8-9-17-15(20)18-14-6-10-19(11-7-14)12-13-4-2-1-3-5-13/h1-5,14H,6-12H2,(H2,17,18,20). The molecule has 110 valence electrons. The molecule has 0 bridgehead atoms. The molecule has 0 saturated carbocycles. The van der Waals surface area contributed by atoms with Crippen LogP contribution >= 0.6 is 11.6 Å². The van der Waals surface area contributed by atoms with E-state index in [9.17, 15) is 4.79 Å². The largest absolute Gasteiger partial charge is 0.337 e. The fraction of sp³-hybridized carbons (Fsp3) is 0.533. The predicted molar refractivity (Wildman–Crippen MR) is 82.0 cm³/mol. The van der Waals surface area contributed by atoms with Crippen molar-refractivity contribution in [2.75, 3.05) is 25.5 Å². The van der Waals surface area contributed by atoms with Crippen molar-refractivity contribution in [1.29, 1.82) is 0 Å². The summed E-state index contributed by atoms with van der Waals surface area (Å²) in [5.41, 5.74) is 1.35. The van der Waals surface area contributed by atoms with Crippen LogP contribution in [0.1, 0.15) is 18.4 Å². The van der Waals surface area contributed by atoms with Crippen LogP contribution in [0.15, 0.2) is 30.3 Å². The van der Waals surface area contributed by atoms with Crippen LogP contribution < -0.4 is 10.6 Å². The highest BCUT2D eigenvalue weighted by Crippen LogP contribution is 2.13. The van der Waals surface area contributed by atoms with Crippen LogP contribution in [0.4, 0.5) is 4.79 Å². The summed E-state index contributed by atoms with van der Waals surface area (Å²) < 4.78 is 0. The molecule has 1 aromatic carbocycles. The zero-order chi connectivity index (χ0) is 14.2. The molecule has 1 aliphatic rings. The first-order chi connectivity index (χ1) is 9.78. The maximum atomic E-state index is 11.5. The zero-order valence-corrected chi connectivity index (χ0v) is 12.4. The fourth-order valence-electron chi connectivity index (χ4n) is 2.47. The highest BCUT2D eigenvalue weighted by atomic mass is 35.5. The lowest BCUT2D eigenvalue weighted by Crippen LogP contribution is -2.48. The molecule has 0 spiro atoms. The van der Waals surface area contributed by atoms with Gasteiger partial charge < -0.3 is 10.6 Å². The third-order valence-electron chi connectivity index (χ3n) is 3.55. The Morgan fingerprint density at radius 3 is 2.60 bits per heavy atom. The Kier molecular flexibility index (Phi) is 6.15. The molecule has 0 atom stereocenters. The van der Waals surface area contributed by atoms with E-state index < -0.39 is 0 Å². The molecule has 4 nitrogen and oxygen atoms in total. The number of hydrogen-bond acceptors (Lipinski definition) is 2. The van der Waals surface area contributed by atoms with Gasteiger partial charge in [0, 0.05) is 38.1 Å². The number of amides is 2. The monoisotopic (exact) mass is 295 g/mol. The summed E-state index contributed by atoms with van der Waals surface area (Å²) in [4.78, 5) is 14.0. The van der Waals surface area contributed by atoms with Gasteiger partial charge in [0.05, 0.1) is 0 Å². The van der Waals surface area contributed by atoms with Gasteiger partial charge in [-0.15, -0.1) is 11.6 Å². The fourth-order valence-corrected chi connectivity index (χ4v) is 2.57. The van der Waals surface area contributed by atoms with E-state index in [-0.39, 0.29) is 12.1 Å². The molecule has 0 unspecified atom stereocenters.